The summed E-state index contributed by atoms with van der Waals surface area (Å²) >= 11 is 1.60. The Morgan fingerprint density at radius 3 is 3.00 bits per heavy atom. The molecule has 2 N–H and O–H groups in total. The summed E-state index contributed by atoms with van der Waals surface area (Å²) in [5.41, 5.74) is 7.89. The van der Waals surface area contributed by atoms with Gasteiger partial charge < -0.3 is 10.5 Å². The van der Waals surface area contributed by atoms with E-state index in [9.17, 15) is 4.79 Å². The van der Waals surface area contributed by atoms with Crippen molar-refractivity contribution < 1.29 is 9.53 Å². The van der Waals surface area contributed by atoms with Crippen LogP contribution in [0, 0.1) is 6.92 Å². The van der Waals surface area contributed by atoms with Gasteiger partial charge in [-0.3, -0.25) is 4.79 Å². The zero-order valence-corrected chi connectivity index (χ0v) is 9.13. The van der Waals surface area contributed by atoms with Crippen molar-refractivity contribution in [3.63, 3.8) is 0 Å². The molecule has 0 bridgehead atoms. The third kappa shape index (κ3) is 3.08. The first kappa shape index (κ1) is 11.1. The van der Waals surface area contributed by atoms with E-state index in [2.05, 4.69) is 4.98 Å². The van der Waals surface area contributed by atoms with Crippen molar-refractivity contribution in [1.82, 2.24) is 4.98 Å². The predicted octanol–water partition coefficient (Wildman–Crippen LogP) is 0.884. The van der Waals surface area contributed by atoms with E-state index in [4.69, 9.17) is 10.5 Å². The molecule has 78 valence electrons. The number of hydrogen-bond acceptors (Lipinski definition) is 4. The third-order valence-corrected chi connectivity index (χ3v) is 2.94. The maximum Gasteiger partial charge on any atom is 0.246 e. The van der Waals surface area contributed by atoms with Gasteiger partial charge in [-0.05, 0) is 13.8 Å². The van der Waals surface area contributed by atoms with Gasteiger partial charge in [-0.15, -0.1) is 11.3 Å². The fourth-order valence-electron chi connectivity index (χ4n) is 0.977. The van der Waals surface area contributed by atoms with Crippen LogP contribution < -0.4 is 5.73 Å². The van der Waals surface area contributed by atoms with Crippen molar-refractivity contribution in [1.29, 1.82) is 0 Å². The van der Waals surface area contributed by atoms with Gasteiger partial charge in [-0.1, -0.05) is 0 Å². The first-order chi connectivity index (χ1) is 6.61. The monoisotopic (exact) mass is 214 g/mol. The zero-order valence-electron chi connectivity index (χ0n) is 8.32. The van der Waals surface area contributed by atoms with E-state index < -0.39 is 12.0 Å². The molecule has 14 heavy (non-hydrogen) atoms. The Hall–Kier alpha value is -0.940. The van der Waals surface area contributed by atoms with Crippen molar-refractivity contribution in [2.24, 2.45) is 5.73 Å². The second-order valence-corrected chi connectivity index (χ2v) is 3.97. The molecule has 1 amide bonds. The molecule has 1 aromatic heterocycles. The lowest BCUT2D eigenvalue weighted by Gasteiger charge is -2.08. The highest BCUT2D eigenvalue weighted by Crippen LogP contribution is 2.12. The minimum atomic E-state index is -0.511. The maximum absolute atomic E-state index is 10.6. The largest absolute Gasteiger partial charge is 0.368 e. The highest BCUT2D eigenvalue weighted by molar-refractivity contribution is 7.09. The summed E-state index contributed by atoms with van der Waals surface area (Å²) < 4.78 is 5.24. The molecule has 0 aliphatic carbocycles. The molecule has 1 heterocycles. The van der Waals surface area contributed by atoms with Gasteiger partial charge in [0, 0.05) is 11.3 Å². The van der Waals surface area contributed by atoms with Crippen LogP contribution in [-0.2, 0) is 16.0 Å². The van der Waals surface area contributed by atoms with E-state index >= 15 is 0 Å². The summed E-state index contributed by atoms with van der Waals surface area (Å²) in [5.74, 6) is -0.425. The Labute approximate surface area is 87.1 Å². The van der Waals surface area contributed by atoms with Gasteiger partial charge in [0.1, 0.15) is 6.10 Å². The Morgan fingerprint density at radius 2 is 2.50 bits per heavy atom. The van der Waals surface area contributed by atoms with Gasteiger partial charge in [0.2, 0.25) is 5.91 Å². The quantitative estimate of drug-likeness (QED) is 0.791. The van der Waals surface area contributed by atoms with Crippen molar-refractivity contribution in [2.75, 3.05) is 6.61 Å². The first-order valence-corrected chi connectivity index (χ1v) is 5.29. The zero-order chi connectivity index (χ0) is 10.6. The molecule has 1 unspecified atom stereocenters. The Kier molecular flexibility index (Phi) is 4.03. The van der Waals surface area contributed by atoms with Gasteiger partial charge in [0.05, 0.1) is 17.8 Å². The smallest absolute Gasteiger partial charge is 0.246 e. The number of aromatic nitrogens is 1. The molecule has 1 atom stereocenters. The van der Waals surface area contributed by atoms with Crippen LogP contribution in [-0.4, -0.2) is 23.6 Å². The first-order valence-electron chi connectivity index (χ1n) is 4.41. The van der Waals surface area contributed by atoms with E-state index in [-0.39, 0.29) is 0 Å². The number of aryl methyl sites for hydroxylation is 1. The average Bonchev–Trinajstić information content (AvgIpc) is 2.51. The normalized spacial score (nSPS) is 12.7. The number of rotatable bonds is 5. The van der Waals surface area contributed by atoms with Crippen LogP contribution in [0.25, 0.3) is 0 Å². The van der Waals surface area contributed by atoms with Gasteiger partial charge in [-0.2, -0.15) is 0 Å². The fraction of sp³-hybridized carbons (Fsp3) is 0.556. The van der Waals surface area contributed by atoms with Crippen molar-refractivity contribution in [3.8, 4) is 0 Å². The standard InChI is InChI=1S/C9H14N2O2S/c1-6-8(14-5-11-6)3-4-13-7(2)9(10)12/h5,7H,3-4H2,1-2H3,(H2,10,12). The molecule has 0 spiro atoms. The molecule has 0 aromatic carbocycles. The minimum Gasteiger partial charge on any atom is -0.368 e. The molecule has 4 nitrogen and oxygen atoms in total. The molecule has 1 aromatic rings. The number of hydrogen-bond donors (Lipinski definition) is 1. The Morgan fingerprint density at radius 1 is 1.79 bits per heavy atom. The summed E-state index contributed by atoms with van der Waals surface area (Å²) in [6, 6.07) is 0. The molecule has 0 radical (unpaired) electrons. The SMILES string of the molecule is Cc1ncsc1CCOC(C)C(N)=O. The van der Waals surface area contributed by atoms with Crippen LogP contribution in [0.2, 0.25) is 0 Å². The predicted molar refractivity (Wildman–Crippen MR) is 55.2 cm³/mol. The van der Waals surface area contributed by atoms with Crippen molar-refractivity contribution in [2.45, 2.75) is 26.4 Å². The van der Waals surface area contributed by atoms with E-state index in [0.29, 0.717) is 6.61 Å². The van der Waals surface area contributed by atoms with Crippen LogP contribution in [0.3, 0.4) is 0 Å². The Balaban J connectivity index is 2.29. The second-order valence-electron chi connectivity index (χ2n) is 3.03. The van der Waals surface area contributed by atoms with E-state index in [0.717, 1.165) is 12.1 Å². The van der Waals surface area contributed by atoms with Crippen LogP contribution >= 0.6 is 11.3 Å². The summed E-state index contributed by atoms with van der Waals surface area (Å²) in [5, 5.41) is 0. The topological polar surface area (TPSA) is 65.2 Å². The lowest BCUT2D eigenvalue weighted by Crippen LogP contribution is -2.28. The molecule has 0 aliphatic heterocycles. The van der Waals surface area contributed by atoms with Gasteiger partial charge >= 0.3 is 0 Å². The molecule has 0 saturated carbocycles. The van der Waals surface area contributed by atoms with E-state index in [1.165, 1.54) is 4.88 Å². The molecular formula is C9H14N2O2S. The van der Waals surface area contributed by atoms with Crippen molar-refractivity contribution in [3.05, 3.63) is 16.1 Å². The lowest BCUT2D eigenvalue weighted by molar-refractivity contribution is -0.128. The number of ether oxygens (including phenoxy) is 1. The minimum absolute atomic E-state index is 0.425. The number of nitrogens with zero attached hydrogens (tertiary/aromatic N) is 1. The highest BCUT2D eigenvalue weighted by Gasteiger charge is 2.09. The van der Waals surface area contributed by atoms with Crippen LogP contribution in [0.4, 0.5) is 0 Å². The number of primary amides is 1. The van der Waals surface area contributed by atoms with E-state index in [1.54, 1.807) is 18.3 Å². The molecule has 0 saturated heterocycles. The average molecular weight is 214 g/mol. The summed E-state index contributed by atoms with van der Waals surface area (Å²) in [4.78, 5) is 16.0. The lowest BCUT2D eigenvalue weighted by atomic mass is 10.3. The maximum atomic E-state index is 10.6. The highest BCUT2D eigenvalue weighted by atomic mass is 32.1. The molecule has 0 aliphatic rings. The van der Waals surface area contributed by atoms with Gasteiger partial charge in [0.15, 0.2) is 0 Å². The molecule has 5 heteroatoms. The second kappa shape index (κ2) is 5.07. The van der Waals surface area contributed by atoms with E-state index in [1.807, 2.05) is 12.4 Å². The number of carbonyl (C=O) groups is 1. The van der Waals surface area contributed by atoms with Crippen LogP contribution in [0.5, 0.6) is 0 Å². The number of amides is 1. The fourth-order valence-corrected chi connectivity index (χ4v) is 1.74. The van der Waals surface area contributed by atoms with Gasteiger partial charge in [0.25, 0.3) is 0 Å². The summed E-state index contributed by atoms with van der Waals surface area (Å²) in [6.07, 6.45) is 0.275. The van der Waals surface area contributed by atoms with Crippen molar-refractivity contribution >= 4 is 17.2 Å². The summed E-state index contributed by atoms with van der Waals surface area (Å²) in [6.45, 7) is 4.12. The molecular weight excluding hydrogens is 200 g/mol. The van der Waals surface area contributed by atoms with Crippen LogP contribution in [0.15, 0.2) is 5.51 Å². The molecule has 1 rings (SSSR count). The van der Waals surface area contributed by atoms with Gasteiger partial charge in [-0.25, -0.2) is 4.98 Å². The molecule has 0 fully saturated rings. The number of thiazole rings is 1. The Bertz CT molecular complexity index is 312. The number of nitrogens with two attached hydrogens (primary N) is 1. The summed E-state index contributed by atoms with van der Waals surface area (Å²) in [7, 11) is 0. The third-order valence-electron chi connectivity index (χ3n) is 1.94. The number of carbonyl (C=O) groups excluding carboxylic acids is 1. The van der Waals surface area contributed by atoms with Crippen LogP contribution in [0.1, 0.15) is 17.5 Å².